The molecule has 29 heavy (non-hydrogen) atoms. The maximum absolute atomic E-state index is 14.1. The number of aromatic nitrogens is 3. The molecule has 2 aromatic heterocycles. The summed E-state index contributed by atoms with van der Waals surface area (Å²) in [7, 11) is 0. The van der Waals surface area contributed by atoms with Gasteiger partial charge in [-0.15, -0.1) is 0 Å². The zero-order valence-electron chi connectivity index (χ0n) is 15.5. The maximum Gasteiger partial charge on any atom is 0.259 e. The van der Waals surface area contributed by atoms with Crippen molar-refractivity contribution in [1.29, 1.82) is 0 Å². The Labute approximate surface area is 166 Å². The summed E-state index contributed by atoms with van der Waals surface area (Å²) in [4.78, 5) is 16.7. The summed E-state index contributed by atoms with van der Waals surface area (Å²) in [6.45, 7) is 1.72. The third kappa shape index (κ3) is 3.98. The van der Waals surface area contributed by atoms with E-state index in [4.69, 9.17) is 4.74 Å². The number of benzene rings is 2. The summed E-state index contributed by atoms with van der Waals surface area (Å²) in [5.74, 6) is 0.469. The fourth-order valence-corrected chi connectivity index (χ4v) is 2.88. The average Bonchev–Trinajstić information content (AvgIpc) is 3.11. The number of anilines is 1. The number of nitrogens with zero attached hydrogens (tertiary/aromatic N) is 3. The van der Waals surface area contributed by atoms with Crippen LogP contribution >= 0.6 is 0 Å². The molecule has 1 N–H and O–H groups in total. The van der Waals surface area contributed by atoms with Crippen LogP contribution in [0.3, 0.4) is 0 Å². The van der Waals surface area contributed by atoms with Crippen molar-refractivity contribution in [3.63, 3.8) is 0 Å². The molecular formula is C22H17FN4O2. The molecule has 0 bridgehead atoms. The number of halogens is 1. The first kappa shape index (κ1) is 18.4. The molecule has 0 radical (unpaired) electrons. The molecule has 0 aliphatic carbocycles. The van der Waals surface area contributed by atoms with E-state index in [9.17, 15) is 9.18 Å². The van der Waals surface area contributed by atoms with Crippen molar-refractivity contribution in [3.8, 4) is 17.2 Å². The van der Waals surface area contributed by atoms with Gasteiger partial charge in [0.25, 0.3) is 5.91 Å². The topological polar surface area (TPSA) is 69.0 Å². The fraction of sp³-hybridized carbons (Fsp3) is 0.0455. The van der Waals surface area contributed by atoms with Crippen LogP contribution in [0, 0.1) is 12.7 Å². The zero-order valence-corrected chi connectivity index (χ0v) is 15.5. The standard InChI is InChI=1S/C22H17FN4O2/c1-15-19(14-25-27(15)21-8-3-2-7-20(21)23)22(28)26-16-5-4-6-18(13-16)29-17-9-11-24-12-10-17/h2-14H,1H3,(H,26,28). The van der Waals surface area contributed by atoms with Crippen molar-refractivity contribution in [1.82, 2.24) is 14.8 Å². The first-order valence-electron chi connectivity index (χ1n) is 8.90. The molecule has 0 atom stereocenters. The van der Waals surface area contributed by atoms with Crippen LogP contribution in [0.4, 0.5) is 10.1 Å². The third-order valence-electron chi connectivity index (χ3n) is 4.31. The van der Waals surface area contributed by atoms with Gasteiger partial charge in [-0.05, 0) is 43.3 Å². The van der Waals surface area contributed by atoms with Crippen molar-refractivity contribution in [2.24, 2.45) is 0 Å². The highest BCUT2D eigenvalue weighted by Gasteiger charge is 2.17. The molecule has 0 spiro atoms. The molecule has 4 aromatic rings. The SMILES string of the molecule is Cc1c(C(=O)Nc2cccc(Oc3ccncc3)c2)cnn1-c1ccccc1F. The van der Waals surface area contributed by atoms with Gasteiger partial charge in [-0.2, -0.15) is 5.10 Å². The summed E-state index contributed by atoms with van der Waals surface area (Å²) in [6.07, 6.45) is 4.70. The van der Waals surface area contributed by atoms with E-state index in [-0.39, 0.29) is 11.6 Å². The lowest BCUT2D eigenvalue weighted by molar-refractivity contribution is 0.102. The Balaban J connectivity index is 1.53. The number of carbonyl (C=O) groups is 1. The minimum Gasteiger partial charge on any atom is -0.457 e. The van der Waals surface area contributed by atoms with Crippen LogP contribution in [-0.4, -0.2) is 20.7 Å². The highest BCUT2D eigenvalue weighted by molar-refractivity contribution is 6.05. The first-order chi connectivity index (χ1) is 14.1. The number of carbonyl (C=O) groups excluding carboxylic acids is 1. The van der Waals surface area contributed by atoms with Crippen molar-refractivity contribution in [3.05, 3.63) is 96.3 Å². The molecule has 0 unspecified atom stereocenters. The number of para-hydroxylation sites is 1. The van der Waals surface area contributed by atoms with Gasteiger partial charge in [-0.3, -0.25) is 9.78 Å². The van der Waals surface area contributed by atoms with Crippen molar-refractivity contribution < 1.29 is 13.9 Å². The Kier molecular flexibility index (Phi) is 5.03. The molecule has 7 heteroatoms. The monoisotopic (exact) mass is 388 g/mol. The molecule has 0 fully saturated rings. The van der Waals surface area contributed by atoms with E-state index < -0.39 is 5.82 Å². The van der Waals surface area contributed by atoms with Crippen LogP contribution in [0.2, 0.25) is 0 Å². The fourth-order valence-electron chi connectivity index (χ4n) is 2.88. The summed E-state index contributed by atoms with van der Waals surface area (Å²) < 4.78 is 21.2. The molecule has 6 nitrogen and oxygen atoms in total. The number of rotatable bonds is 5. The molecule has 0 aliphatic rings. The Morgan fingerprint density at radius 2 is 1.83 bits per heavy atom. The summed E-state index contributed by atoms with van der Waals surface area (Å²) >= 11 is 0. The van der Waals surface area contributed by atoms with Gasteiger partial charge in [0.1, 0.15) is 23.0 Å². The van der Waals surface area contributed by atoms with Gasteiger partial charge in [-0.25, -0.2) is 9.07 Å². The first-order valence-corrected chi connectivity index (χ1v) is 8.90. The van der Waals surface area contributed by atoms with E-state index >= 15 is 0 Å². The third-order valence-corrected chi connectivity index (χ3v) is 4.31. The zero-order chi connectivity index (χ0) is 20.2. The molecule has 2 aromatic carbocycles. The maximum atomic E-state index is 14.1. The highest BCUT2D eigenvalue weighted by atomic mass is 19.1. The van der Waals surface area contributed by atoms with Gasteiger partial charge in [0.05, 0.1) is 17.5 Å². The molecule has 1 amide bonds. The second-order valence-corrected chi connectivity index (χ2v) is 6.27. The van der Waals surface area contributed by atoms with Gasteiger partial charge < -0.3 is 10.1 Å². The molecular weight excluding hydrogens is 371 g/mol. The van der Waals surface area contributed by atoms with Crippen molar-refractivity contribution in [2.75, 3.05) is 5.32 Å². The lowest BCUT2D eigenvalue weighted by Gasteiger charge is -2.09. The molecule has 144 valence electrons. The highest BCUT2D eigenvalue weighted by Crippen LogP contribution is 2.24. The Morgan fingerprint density at radius 1 is 1.03 bits per heavy atom. The lowest BCUT2D eigenvalue weighted by Crippen LogP contribution is -2.13. The minimum atomic E-state index is -0.411. The predicted octanol–water partition coefficient (Wildman–Crippen LogP) is 4.76. The Bertz CT molecular complexity index is 1160. The number of pyridine rings is 1. The van der Waals surface area contributed by atoms with Crippen LogP contribution in [0.25, 0.3) is 5.69 Å². The number of ether oxygens (including phenoxy) is 1. The van der Waals surface area contributed by atoms with Gasteiger partial charge in [0.2, 0.25) is 0 Å². The van der Waals surface area contributed by atoms with Crippen LogP contribution in [0.5, 0.6) is 11.5 Å². The van der Waals surface area contributed by atoms with Gasteiger partial charge in [0, 0.05) is 24.1 Å². The second kappa shape index (κ2) is 7.93. The van der Waals surface area contributed by atoms with Gasteiger partial charge >= 0.3 is 0 Å². The summed E-state index contributed by atoms with van der Waals surface area (Å²) in [5, 5.41) is 6.99. The van der Waals surface area contributed by atoms with Crippen LogP contribution in [-0.2, 0) is 0 Å². The number of amides is 1. The van der Waals surface area contributed by atoms with Crippen LogP contribution in [0.15, 0.2) is 79.3 Å². The summed E-state index contributed by atoms with van der Waals surface area (Å²) in [6, 6.07) is 16.8. The molecule has 0 saturated carbocycles. The van der Waals surface area contributed by atoms with Crippen molar-refractivity contribution >= 4 is 11.6 Å². The lowest BCUT2D eigenvalue weighted by atomic mass is 10.2. The van der Waals surface area contributed by atoms with Gasteiger partial charge in [-0.1, -0.05) is 18.2 Å². The van der Waals surface area contributed by atoms with E-state index in [1.807, 2.05) is 0 Å². The minimum absolute atomic E-state index is 0.289. The molecule has 0 aliphatic heterocycles. The van der Waals surface area contributed by atoms with E-state index in [2.05, 4.69) is 15.4 Å². The normalized spacial score (nSPS) is 10.6. The molecule has 4 rings (SSSR count). The van der Waals surface area contributed by atoms with E-state index in [1.165, 1.54) is 16.9 Å². The summed E-state index contributed by atoms with van der Waals surface area (Å²) in [5.41, 5.74) is 1.75. The smallest absolute Gasteiger partial charge is 0.259 e. The largest absolute Gasteiger partial charge is 0.457 e. The van der Waals surface area contributed by atoms with E-state index in [0.29, 0.717) is 28.4 Å². The molecule has 2 heterocycles. The number of hydrogen-bond donors (Lipinski definition) is 1. The number of hydrogen-bond acceptors (Lipinski definition) is 4. The molecule has 0 saturated heterocycles. The number of nitrogens with one attached hydrogen (secondary N) is 1. The quantitative estimate of drug-likeness (QED) is 0.535. The van der Waals surface area contributed by atoms with Crippen molar-refractivity contribution in [2.45, 2.75) is 6.92 Å². The Morgan fingerprint density at radius 3 is 2.62 bits per heavy atom. The van der Waals surface area contributed by atoms with Crippen LogP contribution < -0.4 is 10.1 Å². The second-order valence-electron chi connectivity index (χ2n) is 6.27. The predicted molar refractivity (Wildman–Crippen MR) is 107 cm³/mol. The van der Waals surface area contributed by atoms with E-state index in [1.54, 1.807) is 73.9 Å². The Hall–Kier alpha value is -4.00. The van der Waals surface area contributed by atoms with Gasteiger partial charge in [0.15, 0.2) is 0 Å². The average molecular weight is 388 g/mol. The van der Waals surface area contributed by atoms with Crippen LogP contribution in [0.1, 0.15) is 16.1 Å². The van der Waals surface area contributed by atoms with E-state index in [0.717, 1.165) is 0 Å².